The third-order valence-electron chi connectivity index (χ3n) is 3.70. The average Bonchev–Trinajstić information content (AvgIpc) is 2.37. The molecule has 1 saturated heterocycles. The summed E-state index contributed by atoms with van der Waals surface area (Å²) in [7, 11) is 0. The quantitative estimate of drug-likeness (QED) is 0.685. The molecule has 2 nitrogen and oxygen atoms in total. The Hall–Kier alpha value is -1.21. The molecule has 1 fully saturated rings. The summed E-state index contributed by atoms with van der Waals surface area (Å²) in [5.74, 6) is -1.78. The van der Waals surface area contributed by atoms with Crippen LogP contribution in [0.2, 0.25) is 0 Å². The number of benzene rings is 1. The molecule has 2 rings (SSSR count). The van der Waals surface area contributed by atoms with Gasteiger partial charge in [0.15, 0.2) is 0 Å². The average molecular weight is 320 g/mol. The van der Waals surface area contributed by atoms with Gasteiger partial charge < -0.3 is 5.73 Å². The minimum absolute atomic E-state index is 0.0726. The molecular weight excluding hydrogens is 304 g/mol. The van der Waals surface area contributed by atoms with Crippen LogP contribution in [-0.4, -0.2) is 29.2 Å². The molecule has 1 aromatic carbocycles. The van der Waals surface area contributed by atoms with Crippen LogP contribution in [0.25, 0.3) is 0 Å². The number of piperidine rings is 1. The molecular formula is C14H16F4N2S. The van der Waals surface area contributed by atoms with E-state index < -0.39 is 17.9 Å². The third kappa shape index (κ3) is 4.14. The van der Waals surface area contributed by atoms with E-state index in [4.69, 9.17) is 18.0 Å². The maximum atomic E-state index is 13.3. The third-order valence-corrected chi connectivity index (χ3v) is 3.92. The zero-order valence-electron chi connectivity index (χ0n) is 11.3. The van der Waals surface area contributed by atoms with Gasteiger partial charge in [-0.05, 0) is 43.1 Å². The van der Waals surface area contributed by atoms with Crippen LogP contribution in [0.5, 0.6) is 0 Å². The monoisotopic (exact) mass is 320 g/mol. The van der Waals surface area contributed by atoms with E-state index in [0.29, 0.717) is 24.1 Å². The molecule has 0 spiro atoms. The van der Waals surface area contributed by atoms with Crippen LogP contribution in [0.1, 0.15) is 24.0 Å². The van der Waals surface area contributed by atoms with Crippen LogP contribution in [0, 0.1) is 11.7 Å². The summed E-state index contributed by atoms with van der Waals surface area (Å²) in [6, 6.07) is 4.00. The topological polar surface area (TPSA) is 29.3 Å². The minimum Gasteiger partial charge on any atom is -0.389 e. The Labute approximate surface area is 125 Å². The predicted molar refractivity (Wildman–Crippen MR) is 76.3 cm³/mol. The van der Waals surface area contributed by atoms with Crippen molar-refractivity contribution in [3.05, 3.63) is 35.1 Å². The van der Waals surface area contributed by atoms with Gasteiger partial charge >= 0.3 is 6.18 Å². The van der Waals surface area contributed by atoms with Crippen molar-refractivity contribution in [2.45, 2.75) is 25.6 Å². The summed E-state index contributed by atoms with van der Waals surface area (Å²) in [6.45, 7) is 0.702. The number of hydrogen-bond donors (Lipinski definition) is 1. The van der Waals surface area contributed by atoms with Crippen LogP contribution < -0.4 is 5.73 Å². The summed E-state index contributed by atoms with van der Waals surface area (Å²) in [6.07, 6.45) is -3.57. The maximum Gasteiger partial charge on any atom is 0.393 e. The van der Waals surface area contributed by atoms with E-state index in [1.54, 1.807) is 4.90 Å². The number of hydrogen-bond acceptors (Lipinski definition) is 2. The highest BCUT2D eigenvalue weighted by molar-refractivity contribution is 7.80. The van der Waals surface area contributed by atoms with Crippen LogP contribution in [0.4, 0.5) is 17.6 Å². The molecule has 116 valence electrons. The lowest BCUT2D eigenvalue weighted by Crippen LogP contribution is -2.41. The van der Waals surface area contributed by atoms with Gasteiger partial charge in [-0.15, -0.1) is 0 Å². The van der Waals surface area contributed by atoms with E-state index in [2.05, 4.69) is 0 Å². The van der Waals surface area contributed by atoms with Gasteiger partial charge in [0, 0.05) is 18.7 Å². The van der Waals surface area contributed by atoms with Crippen molar-refractivity contribution < 1.29 is 17.6 Å². The van der Waals surface area contributed by atoms with E-state index in [0.717, 1.165) is 0 Å². The molecule has 0 aromatic heterocycles. The lowest BCUT2D eigenvalue weighted by atomic mass is 9.96. The molecule has 1 aliphatic heterocycles. The van der Waals surface area contributed by atoms with E-state index in [9.17, 15) is 17.6 Å². The highest BCUT2D eigenvalue weighted by atomic mass is 32.1. The van der Waals surface area contributed by atoms with Crippen LogP contribution >= 0.6 is 12.2 Å². The van der Waals surface area contributed by atoms with Crippen LogP contribution in [-0.2, 0) is 6.54 Å². The summed E-state index contributed by atoms with van der Waals surface area (Å²) in [5, 5.41) is 0. The predicted octanol–water partition coefficient (Wildman–Crippen LogP) is 3.23. The highest BCUT2D eigenvalue weighted by Crippen LogP contribution is 2.33. The summed E-state index contributed by atoms with van der Waals surface area (Å²) >= 11 is 4.90. The molecule has 21 heavy (non-hydrogen) atoms. The minimum atomic E-state index is -4.19. The van der Waals surface area contributed by atoms with Gasteiger partial charge in [0.05, 0.1) is 5.92 Å². The zero-order chi connectivity index (χ0) is 15.6. The van der Waals surface area contributed by atoms with Gasteiger partial charge in [-0.1, -0.05) is 12.2 Å². The largest absolute Gasteiger partial charge is 0.393 e. The van der Waals surface area contributed by atoms with Gasteiger partial charge in [-0.25, -0.2) is 4.39 Å². The van der Waals surface area contributed by atoms with E-state index >= 15 is 0 Å². The lowest BCUT2D eigenvalue weighted by molar-refractivity contribution is -0.187. The molecule has 1 heterocycles. The second kappa shape index (κ2) is 6.27. The highest BCUT2D eigenvalue weighted by Gasteiger charge is 2.41. The molecule has 0 amide bonds. The van der Waals surface area contributed by atoms with Crippen molar-refractivity contribution in [1.82, 2.24) is 4.90 Å². The van der Waals surface area contributed by atoms with Gasteiger partial charge in [-0.2, -0.15) is 13.2 Å². The molecule has 1 aromatic rings. The number of likely N-dealkylation sites (tertiary alicyclic amines) is 1. The Morgan fingerprint density at radius 2 is 2.10 bits per heavy atom. The van der Waals surface area contributed by atoms with Crippen molar-refractivity contribution in [3.8, 4) is 0 Å². The fourth-order valence-corrected chi connectivity index (χ4v) is 2.84. The molecule has 0 radical (unpaired) electrons. The number of nitrogens with zero attached hydrogens (tertiary/aromatic N) is 1. The Morgan fingerprint density at radius 1 is 1.38 bits per heavy atom. The van der Waals surface area contributed by atoms with Crippen molar-refractivity contribution in [1.29, 1.82) is 0 Å². The second-order valence-electron chi connectivity index (χ2n) is 5.28. The smallest absolute Gasteiger partial charge is 0.389 e. The van der Waals surface area contributed by atoms with Crippen LogP contribution in [0.3, 0.4) is 0 Å². The summed E-state index contributed by atoms with van der Waals surface area (Å²) < 4.78 is 51.7. The number of halogens is 4. The Balaban J connectivity index is 2.14. The number of thiocarbonyl (C=S) groups is 1. The van der Waals surface area contributed by atoms with Crippen molar-refractivity contribution in [2.75, 3.05) is 13.1 Å². The summed E-state index contributed by atoms with van der Waals surface area (Å²) in [5.41, 5.74) is 6.62. The van der Waals surface area contributed by atoms with Gasteiger partial charge in [0.2, 0.25) is 0 Å². The van der Waals surface area contributed by atoms with E-state index in [1.807, 2.05) is 0 Å². The van der Waals surface area contributed by atoms with Gasteiger partial charge in [-0.3, -0.25) is 4.90 Å². The number of alkyl halides is 3. The molecule has 2 N–H and O–H groups in total. The summed E-state index contributed by atoms with van der Waals surface area (Å²) in [4.78, 5) is 1.80. The molecule has 1 atom stereocenters. The Kier molecular flexibility index (Phi) is 4.83. The van der Waals surface area contributed by atoms with Crippen molar-refractivity contribution in [3.63, 3.8) is 0 Å². The van der Waals surface area contributed by atoms with Crippen molar-refractivity contribution in [2.24, 2.45) is 11.7 Å². The number of nitrogens with two attached hydrogens (primary N) is 1. The van der Waals surface area contributed by atoms with Gasteiger partial charge in [0.25, 0.3) is 0 Å². The second-order valence-corrected chi connectivity index (χ2v) is 5.72. The molecule has 0 aliphatic carbocycles. The van der Waals surface area contributed by atoms with Crippen molar-refractivity contribution >= 4 is 17.2 Å². The van der Waals surface area contributed by atoms with Gasteiger partial charge in [0.1, 0.15) is 10.8 Å². The lowest BCUT2D eigenvalue weighted by Gasteiger charge is -2.34. The first-order valence-electron chi connectivity index (χ1n) is 6.64. The Morgan fingerprint density at radius 3 is 2.71 bits per heavy atom. The molecule has 0 bridgehead atoms. The molecule has 1 aliphatic rings. The molecule has 1 unspecified atom stereocenters. The van der Waals surface area contributed by atoms with Crippen LogP contribution in [0.15, 0.2) is 18.2 Å². The fourth-order valence-electron chi connectivity index (χ4n) is 2.64. The standard InChI is InChI=1S/C14H16F4N2S/c15-11-3-4-12(13(19)21)9(6-11)7-20-5-1-2-10(8-20)14(16,17)18/h3-4,6,10H,1-2,5,7-8H2,(H2,19,21). The van der Waals surface area contributed by atoms with E-state index in [-0.39, 0.29) is 24.5 Å². The number of rotatable bonds is 3. The Bertz CT molecular complexity index is 530. The first-order valence-corrected chi connectivity index (χ1v) is 7.05. The van der Waals surface area contributed by atoms with E-state index in [1.165, 1.54) is 18.2 Å². The fraction of sp³-hybridized carbons (Fsp3) is 0.500. The first-order chi connectivity index (χ1) is 9.77. The normalized spacial score (nSPS) is 20.5. The first kappa shape index (κ1) is 16.2. The zero-order valence-corrected chi connectivity index (χ0v) is 12.1. The maximum absolute atomic E-state index is 13.3. The SMILES string of the molecule is NC(=S)c1ccc(F)cc1CN1CCCC(C(F)(F)F)C1. The molecule has 0 saturated carbocycles. The molecule has 7 heteroatoms.